The molecule has 0 radical (unpaired) electrons. The van der Waals surface area contributed by atoms with Crippen molar-refractivity contribution in [2.75, 3.05) is 6.61 Å². The Bertz CT molecular complexity index is 156. The van der Waals surface area contributed by atoms with Gasteiger partial charge in [0.1, 0.15) is 0 Å². The molecule has 0 aromatic carbocycles. The summed E-state index contributed by atoms with van der Waals surface area (Å²) in [5.41, 5.74) is 0. The Morgan fingerprint density at radius 3 is 2.57 bits per heavy atom. The van der Waals surface area contributed by atoms with Crippen LogP contribution in [0.4, 0.5) is 0 Å². The number of hydrogen-bond donors (Lipinski definition) is 1. The van der Waals surface area contributed by atoms with Crippen LogP contribution in [-0.2, 0) is 4.74 Å². The molecule has 0 aliphatic heterocycles. The molecule has 1 rings (SSSR count). The topological polar surface area (TPSA) is 29.5 Å². The lowest BCUT2D eigenvalue weighted by atomic mass is 9.84. The lowest BCUT2D eigenvalue weighted by Crippen LogP contribution is -2.36. The van der Waals surface area contributed by atoms with Gasteiger partial charge < -0.3 is 9.84 Å². The van der Waals surface area contributed by atoms with Crippen LogP contribution >= 0.6 is 0 Å². The molecule has 1 aliphatic carbocycles. The highest BCUT2D eigenvalue weighted by Crippen LogP contribution is 2.28. The van der Waals surface area contributed by atoms with Crippen LogP contribution in [0.25, 0.3) is 0 Å². The molecule has 3 atom stereocenters. The molecular weight excluding hydrogens is 176 g/mol. The van der Waals surface area contributed by atoms with Crippen LogP contribution < -0.4 is 0 Å². The number of ether oxygens (including phenoxy) is 1. The zero-order chi connectivity index (χ0) is 10.6. The van der Waals surface area contributed by atoms with Crippen molar-refractivity contribution in [3.63, 3.8) is 0 Å². The number of aliphatic hydroxyl groups is 1. The average molecular weight is 200 g/mol. The number of aliphatic hydroxyl groups excluding tert-OH is 1. The van der Waals surface area contributed by atoms with Gasteiger partial charge in [-0.15, -0.1) is 0 Å². The van der Waals surface area contributed by atoms with Crippen molar-refractivity contribution in [3.05, 3.63) is 0 Å². The summed E-state index contributed by atoms with van der Waals surface area (Å²) in [5, 5.41) is 9.86. The highest BCUT2D eigenvalue weighted by atomic mass is 16.5. The van der Waals surface area contributed by atoms with Crippen LogP contribution in [0.2, 0.25) is 0 Å². The minimum absolute atomic E-state index is 0.0974. The molecule has 1 aliphatic rings. The van der Waals surface area contributed by atoms with E-state index in [0.29, 0.717) is 11.8 Å². The van der Waals surface area contributed by atoms with Gasteiger partial charge in [-0.1, -0.05) is 27.2 Å². The van der Waals surface area contributed by atoms with Gasteiger partial charge in [0.15, 0.2) is 0 Å². The lowest BCUT2D eigenvalue weighted by Gasteiger charge is -2.33. The minimum Gasteiger partial charge on any atom is -0.390 e. The Hall–Kier alpha value is -0.0800. The zero-order valence-electron chi connectivity index (χ0n) is 9.70. The normalized spacial score (nSPS) is 33.6. The highest BCUT2D eigenvalue weighted by molar-refractivity contribution is 4.79. The fourth-order valence-electron chi connectivity index (χ4n) is 2.08. The first kappa shape index (κ1) is 12.0. The Morgan fingerprint density at radius 1 is 1.36 bits per heavy atom. The maximum Gasteiger partial charge on any atom is 0.0834 e. The maximum atomic E-state index is 9.86. The van der Waals surface area contributed by atoms with Crippen molar-refractivity contribution in [1.29, 1.82) is 0 Å². The van der Waals surface area contributed by atoms with Gasteiger partial charge in [-0.3, -0.25) is 0 Å². The largest absolute Gasteiger partial charge is 0.390 e. The van der Waals surface area contributed by atoms with E-state index in [1.54, 1.807) is 0 Å². The summed E-state index contributed by atoms with van der Waals surface area (Å²) in [7, 11) is 0. The first-order valence-corrected chi connectivity index (χ1v) is 5.93. The summed E-state index contributed by atoms with van der Waals surface area (Å²) in [6.45, 7) is 7.26. The van der Waals surface area contributed by atoms with E-state index in [0.717, 1.165) is 19.4 Å². The molecule has 0 spiro atoms. The highest BCUT2D eigenvalue weighted by Gasteiger charge is 2.28. The van der Waals surface area contributed by atoms with Gasteiger partial charge in [-0.05, 0) is 31.1 Å². The number of hydrogen-bond acceptors (Lipinski definition) is 2. The van der Waals surface area contributed by atoms with Crippen LogP contribution in [0.3, 0.4) is 0 Å². The fraction of sp³-hybridized carbons (Fsp3) is 1.00. The molecule has 0 aromatic rings. The lowest BCUT2D eigenvalue weighted by molar-refractivity contribution is -0.0772. The average Bonchev–Trinajstić information content (AvgIpc) is 2.15. The van der Waals surface area contributed by atoms with Crippen LogP contribution in [0, 0.1) is 11.8 Å². The smallest absolute Gasteiger partial charge is 0.0834 e. The van der Waals surface area contributed by atoms with Gasteiger partial charge in [0, 0.05) is 6.61 Å². The zero-order valence-corrected chi connectivity index (χ0v) is 9.70. The van der Waals surface area contributed by atoms with Crippen molar-refractivity contribution in [1.82, 2.24) is 0 Å². The molecule has 1 saturated carbocycles. The van der Waals surface area contributed by atoms with Gasteiger partial charge >= 0.3 is 0 Å². The Kier molecular flexibility index (Phi) is 4.90. The molecule has 0 aromatic heterocycles. The van der Waals surface area contributed by atoms with Gasteiger partial charge in [0.2, 0.25) is 0 Å². The Morgan fingerprint density at radius 2 is 2.07 bits per heavy atom. The van der Waals surface area contributed by atoms with Crippen molar-refractivity contribution >= 4 is 0 Å². The third-order valence-corrected chi connectivity index (χ3v) is 3.08. The third-order valence-electron chi connectivity index (χ3n) is 3.08. The summed E-state index contributed by atoms with van der Waals surface area (Å²) in [6.07, 6.45) is 4.24. The summed E-state index contributed by atoms with van der Waals surface area (Å²) in [4.78, 5) is 0. The van der Waals surface area contributed by atoms with E-state index >= 15 is 0 Å². The van der Waals surface area contributed by atoms with Gasteiger partial charge in [0.25, 0.3) is 0 Å². The predicted molar refractivity (Wildman–Crippen MR) is 58.2 cm³/mol. The number of rotatable bonds is 4. The molecule has 1 fully saturated rings. The molecule has 0 heterocycles. The molecule has 2 nitrogen and oxygen atoms in total. The van der Waals surface area contributed by atoms with E-state index in [-0.39, 0.29) is 12.2 Å². The Balaban J connectivity index is 2.27. The van der Waals surface area contributed by atoms with E-state index in [9.17, 15) is 5.11 Å². The van der Waals surface area contributed by atoms with Crippen molar-refractivity contribution in [2.45, 2.75) is 58.7 Å². The summed E-state index contributed by atoms with van der Waals surface area (Å²) < 4.78 is 5.70. The first-order chi connectivity index (χ1) is 6.63. The molecule has 0 amide bonds. The van der Waals surface area contributed by atoms with E-state index < -0.39 is 0 Å². The second-order valence-electron chi connectivity index (χ2n) is 4.92. The minimum atomic E-state index is -0.229. The first-order valence-electron chi connectivity index (χ1n) is 5.93. The van der Waals surface area contributed by atoms with Gasteiger partial charge in [0.05, 0.1) is 12.2 Å². The molecule has 0 bridgehead atoms. The van der Waals surface area contributed by atoms with Crippen LogP contribution in [0.15, 0.2) is 0 Å². The third kappa shape index (κ3) is 3.58. The standard InChI is InChI=1S/C12H24O2/c1-4-10-5-6-12(11(13)7-10)14-8-9(2)3/h9-13H,4-8H2,1-3H3. The molecule has 1 N–H and O–H groups in total. The van der Waals surface area contributed by atoms with Gasteiger partial charge in [-0.2, -0.15) is 0 Å². The Labute approximate surface area is 87.7 Å². The van der Waals surface area contributed by atoms with Crippen molar-refractivity contribution in [3.8, 4) is 0 Å². The SMILES string of the molecule is CCC1CCC(OCC(C)C)C(O)C1. The summed E-state index contributed by atoms with van der Waals surface area (Å²) in [5.74, 6) is 1.27. The van der Waals surface area contributed by atoms with Gasteiger partial charge in [-0.25, -0.2) is 0 Å². The second-order valence-corrected chi connectivity index (χ2v) is 4.92. The molecule has 2 heteroatoms. The van der Waals surface area contributed by atoms with Crippen molar-refractivity contribution in [2.24, 2.45) is 11.8 Å². The van der Waals surface area contributed by atoms with E-state index in [1.807, 2.05) is 0 Å². The second kappa shape index (κ2) is 5.72. The van der Waals surface area contributed by atoms with Crippen molar-refractivity contribution < 1.29 is 9.84 Å². The van der Waals surface area contributed by atoms with Crippen LogP contribution in [0.1, 0.15) is 46.5 Å². The van der Waals surface area contributed by atoms with E-state index in [2.05, 4.69) is 20.8 Å². The molecule has 84 valence electrons. The quantitative estimate of drug-likeness (QED) is 0.756. The maximum absolute atomic E-state index is 9.86. The van der Waals surface area contributed by atoms with Crippen LogP contribution in [0.5, 0.6) is 0 Å². The predicted octanol–water partition coefficient (Wildman–Crippen LogP) is 2.60. The fourth-order valence-corrected chi connectivity index (χ4v) is 2.08. The van der Waals surface area contributed by atoms with E-state index in [1.165, 1.54) is 12.8 Å². The van der Waals surface area contributed by atoms with E-state index in [4.69, 9.17) is 4.74 Å². The molecule has 0 saturated heterocycles. The monoisotopic (exact) mass is 200 g/mol. The van der Waals surface area contributed by atoms with Crippen LogP contribution in [-0.4, -0.2) is 23.9 Å². The molecular formula is C12H24O2. The summed E-state index contributed by atoms with van der Waals surface area (Å²) >= 11 is 0. The molecule has 14 heavy (non-hydrogen) atoms. The summed E-state index contributed by atoms with van der Waals surface area (Å²) in [6, 6.07) is 0. The molecule has 3 unspecified atom stereocenters.